The monoisotopic (exact) mass is 273 g/mol. The quantitative estimate of drug-likeness (QED) is 0.762. The van der Waals surface area contributed by atoms with Gasteiger partial charge in [0.15, 0.2) is 5.65 Å². The molecule has 0 radical (unpaired) electrons. The van der Waals surface area contributed by atoms with Gasteiger partial charge in [-0.15, -0.1) is 6.42 Å². The van der Waals surface area contributed by atoms with Crippen molar-refractivity contribution in [3.8, 4) is 18.1 Å². The van der Waals surface area contributed by atoms with Crippen LogP contribution in [0, 0.1) is 12.3 Å². The molecule has 0 saturated carbocycles. The molecule has 0 aliphatic rings. The van der Waals surface area contributed by atoms with Crippen molar-refractivity contribution in [1.82, 2.24) is 14.1 Å². The molecule has 0 amide bonds. The van der Waals surface area contributed by atoms with Crippen LogP contribution in [0.4, 0.5) is 0 Å². The van der Waals surface area contributed by atoms with Crippen LogP contribution in [0.3, 0.4) is 0 Å². The lowest BCUT2D eigenvalue weighted by Gasteiger charge is -2.11. The number of pyridine rings is 1. The molecule has 6 nitrogen and oxygen atoms in total. The van der Waals surface area contributed by atoms with Gasteiger partial charge in [-0.05, 0) is 12.5 Å². The Labute approximate surface area is 115 Å². The zero-order valence-corrected chi connectivity index (χ0v) is 11.4. The van der Waals surface area contributed by atoms with Crippen molar-refractivity contribution >= 4 is 11.0 Å². The number of terminal acetylenes is 1. The van der Waals surface area contributed by atoms with Crippen LogP contribution in [0.15, 0.2) is 21.9 Å². The minimum atomic E-state index is -0.486. The first-order valence-electron chi connectivity index (χ1n) is 6.26. The van der Waals surface area contributed by atoms with Gasteiger partial charge in [-0.3, -0.25) is 9.36 Å². The molecule has 0 fully saturated rings. The first kappa shape index (κ1) is 13.9. The first-order chi connectivity index (χ1) is 9.61. The SMILES string of the molecule is C#CCn1c(=O)c2c(OCCC)ccnc2n(C)c1=O. The zero-order chi connectivity index (χ0) is 14.7. The van der Waals surface area contributed by atoms with Crippen molar-refractivity contribution in [2.45, 2.75) is 19.9 Å². The smallest absolute Gasteiger partial charge is 0.333 e. The Morgan fingerprint density at radius 1 is 1.45 bits per heavy atom. The Balaban J connectivity index is 2.84. The summed E-state index contributed by atoms with van der Waals surface area (Å²) in [5, 5.41) is 0.276. The van der Waals surface area contributed by atoms with Crippen molar-refractivity contribution in [2.75, 3.05) is 6.61 Å². The molecule has 0 bridgehead atoms. The summed E-state index contributed by atoms with van der Waals surface area (Å²) in [7, 11) is 1.55. The molecule has 0 spiro atoms. The number of hydrogen-bond donors (Lipinski definition) is 0. The lowest BCUT2D eigenvalue weighted by atomic mass is 10.3. The molecule has 0 atom stereocenters. The van der Waals surface area contributed by atoms with E-state index in [4.69, 9.17) is 11.2 Å². The van der Waals surface area contributed by atoms with Crippen molar-refractivity contribution in [3.63, 3.8) is 0 Å². The maximum atomic E-state index is 12.4. The number of aromatic nitrogens is 3. The average molecular weight is 273 g/mol. The van der Waals surface area contributed by atoms with Crippen molar-refractivity contribution in [1.29, 1.82) is 0 Å². The minimum absolute atomic E-state index is 0.0798. The summed E-state index contributed by atoms with van der Waals surface area (Å²) >= 11 is 0. The summed E-state index contributed by atoms with van der Waals surface area (Å²) in [6.07, 6.45) is 7.53. The van der Waals surface area contributed by atoms with Gasteiger partial charge in [-0.1, -0.05) is 12.8 Å². The molecule has 2 heterocycles. The second-order valence-electron chi connectivity index (χ2n) is 4.29. The zero-order valence-electron chi connectivity index (χ0n) is 11.4. The largest absolute Gasteiger partial charge is 0.493 e. The fraction of sp³-hybridized carbons (Fsp3) is 0.357. The van der Waals surface area contributed by atoms with E-state index in [0.717, 1.165) is 11.0 Å². The van der Waals surface area contributed by atoms with Crippen LogP contribution in [0.25, 0.3) is 11.0 Å². The Hall–Kier alpha value is -2.55. The van der Waals surface area contributed by atoms with Gasteiger partial charge in [0.2, 0.25) is 0 Å². The van der Waals surface area contributed by atoms with Crippen LogP contribution >= 0.6 is 0 Å². The molecule has 2 aromatic heterocycles. The Bertz CT molecular complexity index is 796. The van der Waals surface area contributed by atoms with E-state index < -0.39 is 11.2 Å². The molecule has 0 N–H and O–H groups in total. The van der Waals surface area contributed by atoms with Crippen LogP contribution in [0.2, 0.25) is 0 Å². The van der Waals surface area contributed by atoms with Crippen molar-refractivity contribution in [3.05, 3.63) is 33.1 Å². The van der Waals surface area contributed by atoms with Gasteiger partial charge in [0, 0.05) is 13.2 Å². The predicted molar refractivity (Wildman–Crippen MR) is 75.9 cm³/mol. The average Bonchev–Trinajstić information content (AvgIpc) is 2.46. The van der Waals surface area contributed by atoms with E-state index >= 15 is 0 Å². The highest BCUT2D eigenvalue weighted by Crippen LogP contribution is 2.19. The Morgan fingerprint density at radius 2 is 2.20 bits per heavy atom. The minimum Gasteiger partial charge on any atom is -0.493 e. The topological polar surface area (TPSA) is 66.1 Å². The molecule has 0 aliphatic heterocycles. The van der Waals surface area contributed by atoms with E-state index in [1.807, 2.05) is 6.92 Å². The van der Waals surface area contributed by atoms with E-state index in [1.165, 1.54) is 10.8 Å². The summed E-state index contributed by atoms with van der Waals surface area (Å²) in [4.78, 5) is 28.6. The molecular formula is C14H15N3O3. The molecule has 20 heavy (non-hydrogen) atoms. The fourth-order valence-corrected chi connectivity index (χ4v) is 1.95. The number of nitrogens with zero attached hydrogens (tertiary/aromatic N) is 3. The van der Waals surface area contributed by atoms with Crippen molar-refractivity contribution < 1.29 is 4.74 Å². The summed E-state index contributed by atoms with van der Waals surface area (Å²) < 4.78 is 7.86. The third-order valence-corrected chi connectivity index (χ3v) is 2.90. The highest BCUT2D eigenvalue weighted by Gasteiger charge is 2.15. The molecule has 0 aromatic carbocycles. The standard InChI is InChI=1S/C14H15N3O3/c1-4-8-17-13(18)11-10(20-9-5-2)6-7-15-12(11)16(3)14(17)19/h1,6-7H,5,8-9H2,2-3H3. The maximum absolute atomic E-state index is 12.4. The van der Waals surface area contributed by atoms with Gasteiger partial charge in [0.25, 0.3) is 5.56 Å². The number of aryl methyl sites for hydroxylation is 1. The number of rotatable bonds is 4. The van der Waals surface area contributed by atoms with Crippen LogP contribution in [-0.4, -0.2) is 20.7 Å². The molecule has 0 saturated heterocycles. The normalized spacial score (nSPS) is 10.4. The van der Waals surface area contributed by atoms with E-state index in [-0.39, 0.29) is 11.9 Å². The fourth-order valence-electron chi connectivity index (χ4n) is 1.95. The maximum Gasteiger partial charge on any atom is 0.333 e. The van der Waals surface area contributed by atoms with E-state index in [0.29, 0.717) is 18.0 Å². The molecule has 0 unspecified atom stereocenters. The number of ether oxygens (including phenoxy) is 1. The third-order valence-electron chi connectivity index (χ3n) is 2.90. The van der Waals surface area contributed by atoms with Crippen LogP contribution in [0.5, 0.6) is 5.75 Å². The van der Waals surface area contributed by atoms with Gasteiger partial charge in [0.05, 0.1) is 13.2 Å². The van der Waals surface area contributed by atoms with E-state index in [9.17, 15) is 9.59 Å². The lowest BCUT2D eigenvalue weighted by molar-refractivity contribution is 0.320. The Kier molecular flexibility index (Phi) is 3.89. The van der Waals surface area contributed by atoms with Gasteiger partial charge in [-0.2, -0.15) is 0 Å². The third kappa shape index (κ3) is 2.18. The van der Waals surface area contributed by atoms with E-state index in [1.54, 1.807) is 13.1 Å². The van der Waals surface area contributed by atoms with E-state index in [2.05, 4.69) is 10.9 Å². The molecule has 6 heteroatoms. The highest BCUT2D eigenvalue weighted by atomic mass is 16.5. The molecule has 2 rings (SSSR count). The summed E-state index contributed by atoms with van der Waals surface area (Å²) in [5.41, 5.74) is -0.664. The second kappa shape index (κ2) is 5.61. The lowest BCUT2D eigenvalue weighted by Crippen LogP contribution is -2.39. The van der Waals surface area contributed by atoms with Gasteiger partial charge in [0.1, 0.15) is 11.1 Å². The molecular weight excluding hydrogens is 258 g/mol. The summed E-state index contributed by atoms with van der Waals surface area (Å²) in [5.74, 6) is 2.73. The summed E-state index contributed by atoms with van der Waals surface area (Å²) in [6.45, 7) is 2.37. The summed E-state index contributed by atoms with van der Waals surface area (Å²) in [6, 6.07) is 1.62. The predicted octanol–water partition coefficient (Wildman–Crippen LogP) is 0.517. The highest BCUT2D eigenvalue weighted by molar-refractivity contribution is 5.81. The van der Waals surface area contributed by atoms with Gasteiger partial charge >= 0.3 is 5.69 Å². The Morgan fingerprint density at radius 3 is 2.85 bits per heavy atom. The number of fused-ring (bicyclic) bond motifs is 1. The van der Waals surface area contributed by atoms with Gasteiger partial charge in [-0.25, -0.2) is 14.3 Å². The van der Waals surface area contributed by atoms with Crippen LogP contribution in [0.1, 0.15) is 13.3 Å². The first-order valence-corrected chi connectivity index (χ1v) is 6.26. The van der Waals surface area contributed by atoms with Crippen LogP contribution in [-0.2, 0) is 13.6 Å². The van der Waals surface area contributed by atoms with Crippen molar-refractivity contribution in [2.24, 2.45) is 7.05 Å². The van der Waals surface area contributed by atoms with Gasteiger partial charge < -0.3 is 4.74 Å². The number of hydrogen-bond acceptors (Lipinski definition) is 4. The molecule has 0 aliphatic carbocycles. The second-order valence-corrected chi connectivity index (χ2v) is 4.29. The van der Waals surface area contributed by atoms with Crippen LogP contribution < -0.4 is 16.0 Å². The molecule has 2 aromatic rings. The molecule has 104 valence electrons.